The molecule has 2 rings (SSSR count). The van der Waals surface area contributed by atoms with E-state index in [4.69, 9.17) is 0 Å². The van der Waals surface area contributed by atoms with Gasteiger partial charge in [0, 0.05) is 5.92 Å². The second-order valence-electron chi connectivity index (χ2n) is 5.23. The smallest absolute Gasteiger partial charge is 0.317 e. The fourth-order valence-corrected chi connectivity index (χ4v) is 3.75. The number of rotatable bonds is 1. The number of fused-ring (bicyclic) bond motifs is 2. The van der Waals surface area contributed by atoms with Crippen molar-refractivity contribution in [2.45, 2.75) is 33.6 Å². The molecule has 0 heterocycles. The quantitative estimate of drug-likeness (QED) is 0.649. The highest BCUT2D eigenvalue weighted by Gasteiger charge is 2.71. The highest BCUT2D eigenvalue weighted by atomic mass is 16.4. The van der Waals surface area contributed by atoms with Crippen molar-refractivity contribution in [1.29, 1.82) is 0 Å². The number of hydrogen-bond donors (Lipinski definition) is 1. The van der Waals surface area contributed by atoms with Crippen molar-refractivity contribution in [2.24, 2.45) is 22.7 Å². The number of hydrogen-bond acceptors (Lipinski definition) is 2. The van der Waals surface area contributed by atoms with Crippen molar-refractivity contribution in [3.05, 3.63) is 0 Å². The minimum absolute atomic E-state index is 0.0498. The van der Waals surface area contributed by atoms with E-state index in [1.807, 2.05) is 20.8 Å². The minimum atomic E-state index is -1.09. The first-order valence-electron chi connectivity index (χ1n) is 5.13. The van der Waals surface area contributed by atoms with Crippen molar-refractivity contribution in [3.8, 4) is 0 Å². The predicted molar refractivity (Wildman–Crippen MR) is 50.7 cm³/mol. The number of aliphatic carboxylic acids is 1. The predicted octanol–water partition coefficient (Wildman–Crippen LogP) is 1.71. The Morgan fingerprint density at radius 3 is 2.36 bits per heavy atom. The number of ketones is 1. The summed E-state index contributed by atoms with van der Waals surface area (Å²) < 4.78 is 0. The first kappa shape index (κ1) is 9.69. The van der Waals surface area contributed by atoms with Crippen LogP contribution in [-0.2, 0) is 9.59 Å². The van der Waals surface area contributed by atoms with Gasteiger partial charge in [-0.15, -0.1) is 0 Å². The fourth-order valence-electron chi connectivity index (χ4n) is 3.75. The second kappa shape index (κ2) is 2.38. The molecule has 0 aliphatic heterocycles. The van der Waals surface area contributed by atoms with Gasteiger partial charge in [0.25, 0.3) is 0 Å². The highest BCUT2D eigenvalue weighted by Crippen LogP contribution is 2.65. The summed E-state index contributed by atoms with van der Waals surface area (Å²) in [5.74, 6) is -0.786. The molecule has 3 atom stereocenters. The Balaban J connectivity index is 2.59. The van der Waals surface area contributed by atoms with Crippen LogP contribution in [0.1, 0.15) is 33.6 Å². The van der Waals surface area contributed by atoms with Crippen LogP contribution in [0, 0.1) is 22.7 Å². The Morgan fingerprint density at radius 1 is 1.50 bits per heavy atom. The van der Waals surface area contributed by atoms with E-state index in [-0.39, 0.29) is 23.0 Å². The largest absolute Gasteiger partial charge is 0.480 e. The maximum Gasteiger partial charge on any atom is 0.317 e. The lowest BCUT2D eigenvalue weighted by molar-refractivity contribution is -0.159. The molecule has 2 bridgehead atoms. The highest BCUT2D eigenvalue weighted by molar-refractivity contribution is 6.07. The molecule has 0 amide bonds. The topological polar surface area (TPSA) is 54.4 Å². The summed E-state index contributed by atoms with van der Waals surface area (Å²) in [4.78, 5) is 23.3. The van der Waals surface area contributed by atoms with Gasteiger partial charge in [-0.1, -0.05) is 20.8 Å². The van der Waals surface area contributed by atoms with Crippen LogP contribution in [0.4, 0.5) is 0 Å². The summed E-state index contributed by atoms with van der Waals surface area (Å²) in [5, 5.41) is 9.29. The molecule has 1 N–H and O–H groups in total. The lowest BCUT2D eigenvalue weighted by Gasteiger charge is -2.31. The van der Waals surface area contributed by atoms with E-state index in [1.165, 1.54) is 0 Å². The van der Waals surface area contributed by atoms with Gasteiger partial charge in [-0.25, -0.2) is 0 Å². The van der Waals surface area contributed by atoms with E-state index in [1.54, 1.807) is 0 Å². The molecule has 2 fully saturated rings. The number of carbonyl (C=O) groups excluding carboxylic acids is 1. The average Bonchev–Trinajstić information content (AvgIpc) is 2.41. The normalized spacial score (nSPS) is 44.4. The SMILES string of the molecule is CC1C(=O)[C@@]2(C(=O)O)CC[C@@H]1C2(C)C. The van der Waals surface area contributed by atoms with Gasteiger partial charge in [0.15, 0.2) is 5.78 Å². The molecule has 78 valence electrons. The van der Waals surface area contributed by atoms with E-state index in [9.17, 15) is 14.7 Å². The number of carboxylic acids is 1. The van der Waals surface area contributed by atoms with Crippen molar-refractivity contribution in [2.75, 3.05) is 0 Å². The van der Waals surface area contributed by atoms with Gasteiger partial charge in [0.05, 0.1) is 0 Å². The molecule has 2 aliphatic carbocycles. The molecular formula is C11H16O3. The molecule has 2 aliphatic rings. The summed E-state index contributed by atoms with van der Waals surface area (Å²) in [6.07, 6.45) is 1.41. The van der Waals surface area contributed by atoms with Crippen molar-refractivity contribution in [3.63, 3.8) is 0 Å². The fraction of sp³-hybridized carbons (Fsp3) is 0.818. The Morgan fingerprint density at radius 2 is 2.07 bits per heavy atom. The maximum absolute atomic E-state index is 12.0. The monoisotopic (exact) mass is 196 g/mol. The third-order valence-corrected chi connectivity index (χ3v) is 4.66. The molecule has 2 saturated carbocycles. The lowest BCUT2D eigenvalue weighted by atomic mass is 9.69. The van der Waals surface area contributed by atoms with Gasteiger partial charge in [0.2, 0.25) is 0 Å². The summed E-state index contributed by atoms with van der Waals surface area (Å²) >= 11 is 0. The van der Waals surface area contributed by atoms with E-state index in [0.717, 1.165) is 6.42 Å². The van der Waals surface area contributed by atoms with Crippen molar-refractivity contribution >= 4 is 11.8 Å². The molecule has 0 aromatic carbocycles. The third-order valence-electron chi connectivity index (χ3n) is 4.66. The summed E-state index contributed by atoms with van der Waals surface area (Å²) in [6.45, 7) is 5.74. The van der Waals surface area contributed by atoms with E-state index >= 15 is 0 Å². The Bertz CT molecular complexity index is 318. The molecule has 0 spiro atoms. The second-order valence-corrected chi connectivity index (χ2v) is 5.23. The van der Waals surface area contributed by atoms with Gasteiger partial charge in [-0.2, -0.15) is 0 Å². The molecule has 14 heavy (non-hydrogen) atoms. The van der Waals surface area contributed by atoms with Gasteiger partial charge in [-0.05, 0) is 24.2 Å². The molecule has 1 unspecified atom stereocenters. The standard InChI is InChI=1S/C11H16O3/c1-6-7-4-5-11(8(6)12,9(13)14)10(7,2)3/h6-7H,4-5H2,1-3H3,(H,13,14)/t6?,7-,11+/m0/s1. The molecular weight excluding hydrogens is 180 g/mol. The molecule has 0 aromatic rings. The lowest BCUT2D eigenvalue weighted by Crippen LogP contribution is -2.44. The van der Waals surface area contributed by atoms with Crippen LogP contribution < -0.4 is 0 Å². The Labute approximate surface area is 83.5 Å². The van der Waals surface area contributed by atoms with Crippen LogP contribution >= 0.6 is 0 Å². The van der Waals surface area contributed by atoms with Gasteiger partial charge < -0.3 is 5.11 Å². The first-order valence-corrected chi connectivity index (χ1v) is 5.13. The van der Waals surface area contributed by atoms with Crippen LogP contribution in [0.15, 0.2) is 0 Å². The summed E-state index contributed by atoms with van der Waals surface area (Å²) in [6, 6.07) is 0. The Kier molecular flexibility index (Phi) is 1.65. The van der Waals surface area contributed by atoms with Crippen molar-refractivity contribution < 1.29 is 14.7 Å². The van der Waals surface area contributed by atoms with Gasteiger partial charge >= 0.3 is 5.97 Å². The Hall–Kier alpha value is -0.860. The number of carboxylic acid groups (broad SMARTS) is 1. The van der Waals surface area contributed by atoms with Gasteiger partial charge in [-0.3, -0.25) is 9.59 Å². The third kappa shape index (κ3) is 0.711. The minimum Gasteiger partial charge on any atom is -0.480 e. The zero-order chi connectivity index (χ0) is 10.7. The molecule has 0 radical (unpaired) electrons. The molecule has 0 aromatic heterocycles. The maximum atomic E-state index is 12.0. The number of carbonyl (C=O) groups is 2. The van der Waals surface area contributed by atoms with E-state index < -0.39 is 11.4 Å². The molecule has 3 heteroatoms. The number of Topliss-reactive ketones (excluding diaryl/α,β-unsaturated/α-hetero) is 1. The summed E-state index contributed by atoms with van der Waals surface area (Å²) in [5.41, 5.74) is -1.45. The summed E-state index contributed by atoms with van der Waals surface area (Å²) in [7, 11) is 0. The van der Waals surface area contributed by atoms with Crippen molar-refractivity contribution in [1.82, 2.24) is 0 Å². The van der Waals surface area contributed by atoms with Crippen LogP contribution in [0.5, 0.6) is 0 Å². The van der Waals surface area contributed by atoms with Crippen LogP contribution in [0.25, 0.3) is 0 Å². The zero-order valence-corrected chi connectivity index (χ0v) is 8.83. The van der Waals surface area contributed by atoms with Gasteiger partial charge in [0.1, 0.15) is 5.41 Å². The first-order chi connectivity index (χ1) is 6.35. The molecule has 3 nitrogen and oxygen atoms in total. The average molecular weight is 196 g/mol. The zero-order valence-electron chi connectivity index (χ0n) is 8.83. The van der Waals surface area contributed by atoms with Crippen LogP contribution in [0.3, 0.4) is 0 Å². The molecule has 0 saturated heterocycles. The van der Waals surface area contributed by atoms with Crippen LogP contribution in [0.2, 0.25) is 0 Å². The van der Waals surface area contributed by atoms with Crippen LogP contribution in [-0.4, -0.2) is 16.9 Å². The van der Waals surface area contributed by atoms with E-state index in [2.05, 4.69) is 0 Å². The van der Waals surface area contributed by atoms with E-state index in [0.29, 0.717) is 6.42 Å².